The zero-order valence-corrected chi connectivity index (χ0v) is 12.4. The van der Waals surface area contributed by atoms with Crippen molar-refractivity contribution < 1.29 is 10.2 Å². The van der Waals surface area contributed by atoms with E-state index in [1.54, 1.807) is 0 Å². The summed E-state index contributed by atoms with van der Waals surface area (Å²) < 4.78 is 0. The minimum Gasteiger partial charge on any atom is -0.392 e. The monoisotopic (exact) mass is 252 g/mol. The SMILES string of the molecule is C[C@H]1CC=C2[C@@H](C1)[C@](C)(C(C)(C)O)C(O)C[C@@H]2C. The predicted molar refractivity (Wildman–Crippen MR) is 74.2 cm³/mol. The van der Waals surface area contributed by atoms with Crippen LogP contribution in [0.5, 0.6) is 0 Å². The second-order valence-electron chi connectivity index (χ2n) is 7.33. The van der Waals surface area contributed by atoms with Gasteiger partial charge in [0.1, 0.15) is 0 Å². The van der Waals surface area contributed by atoms with Crippen molar-refractivity contribution in [2.45, 2.75) is 65.6 Å². The number of hydrogen-bond donors (Lipinski definition) is 2. The van der Waals surface area contributed by atoms with Crippen LogP contribution in [0, 0.1) is 23.2 Å². The minimum absolute atomic E-state index is 0.319. The van der Waals surface area contributed by atoms with Crippen molar-refractivity contribution in [2.75, 3.05) is 0 Å². The van der Waals surface area contributed by atoms with Gasteiger partial charge in [-0.05, 0) is 50.9 Å². The van der Waals surface area contributed by atoms with Gasteiger partial charge in [0.25, 0.3) is 0 Å². The minimum atomic E-state index is -0.854. The molecule has 2 aliphatic carbocycles. The molecule has 5 atom stereocenters. The summed E-state index contributed by atoms with van der Waals surface area (Å²) in [4.78, 5) is 0. The van der Waals surface area contributed by atoms with Crippen molar-refractivity contribution in [3.63, 3.8) is 0 Å². The summed E-state index contributed by atoms with van der Waals surface area (Å²) in [6.07, 6.45) is 4.97. The van der Waals surface area contributed by atoms with E-state index < -0.39 is 17.1 Å². The highest BCUT2D eigenvalue weighted by molar-refractivity contribution is 5.24. The molecular weight excluding hydrogens is 224 g/mol. The third-order valence-corrected chi connectivity index (χ3v) is 5.68. The zero-order chi connectivity index (χ0) is 13.7. The zero-order valence-electron chi connectivity index (χ0n) is 12.4. The molecule has 0 bridgehead atoms. The summed E-state index contributed by atoms with van der Waals surface area (Å²) in [5.41, 5.74) is 0.191. The van der Waals surface area contributed by atoms with Crippen LogP contribution in [0.25, 0.3) is 0 Å². The molecule has 2 nitrogen and oxygen atoms in total. The summed E-state index contributed by atoms with van der Waals surface area (Å²) >= 11 is 0. The molecule has 0 aromatic heterocycles. The lowest BCUT2D eigenvalue weighted by atomic mass is 9.51. The molecule has 2 N–H and O–H groups in total. The average Bonchev–Trinajstić information content (AvgIpc) is 2.24. The average molecular weight is 252 g/mol. The predicted octanol–water partition coefficient (Wildman–Crippen LogP) is 3.14. The first-order valence-electron chi connectivity index (χ1n) is 7.28. The molecule has 104 valence electrons. The number of aliphatic hydroxyl groups excluding tert-OH is 1. The van der Waals surface area contributed by atoms with Crippen LogP contribution in [-0.2, 0) is 0 Å². The normalized spacial score (nSPS) is 45.4. The van der Waals surface area contributed by atoms with Gasteiger partial charge < -0.3 is 10.2 Å². The van der Waals surface area contributed by atoms with Gasteiger partial charge in [0.15, 0.2) is 0 Å². The molecular formula is C16H28O2. The van der Waals surface area contributed by atoms with Crippen LogP contribution >= 0.6 is 0 Å². The first-order valence-corrected chi connectivity index (χ1v) is 7.28. The summed E-state index contributed by atoms with van der Waals surface area (Å²) in [6, 6.07) is 0. The largest absolute Gasteiger partial charge is 0.392 e. The first kappa shape index (κ1) is 14.1. The van der Waals surface area contributed by atoms with Crippen LogP contribution in [0.1, 0.15) is 53.9 Å². The van der Waals surface area contributed by atoms with Gasteiger partial charge in [0.05, 0.1) is 11.7 Å². The number of aliphatic hydroxyl groups is 2. The van der Waals surface area contributed by atoms with Gasteiger partial charge in [-0.3, -0.25) is 0 Å². The number of fused-ring (bicyclic) bond motifs is 1. The summed E-state index contributed by atoms with van der Waals surface area (Å²) in [7, 11) is 0. The Balaban J connectivity index is 2.46. The highest BCUT2D eigenvalue weighted by atomic mass is 16.3. The Kier molecular flexibility index (Phi) is 3.40. The fraction of sp³-hybridized carbons (Fsp3) is 0.875. The lowest BCUT2D eigenvalue weighted by Gasteiger charge is -2.56. The van der Waals surface area contributed by atoms with Crippen LogP contribution in [-0.4, -0.2) is 21.9 Å². The van der Waals surface area contributed by atoms with Crippen LogP contribution in [0.4, 0.5) is 0 Å². The van der Waals surface area contributed by atoms with Gasteiger partial charge in [-0.2, -0.15) is 0 Å². The fourth-order valence-electron chi connectivity index (χ4n) is 4.03. The van der Waals surface area contributed by atoms with Crippen molar-refractivity contribution >= 4 is 0 Å². The highest BCUT2D eigenvalue weighted by Crippen LogP contribution is 2.56. The Morgan fingerprint density at radius 3 is 2.44 bits per heavy atom. The van der Waals surface area contributed by atoms with Crippen LogP contribution in [0.2, 0.25) is 0 Å². The van der Waals surface area contributed by atoms with Gasteiger partial charge in [-0.25, -0.2) is 0 Å². The fourth-order valence-corrected chi connectivity index (χ4v) is 4.03. The maximum atomic E-state index is 10.6. The molecule has 2 rings (SSSR count). The number of hydrogen-bond acceptors (Lipinski definition) is 2. The van der Waals surface area contributed by atoms with Crippen molar-refractivity contribution in [3.8, 4) is 0 Å². The first-order chi connectivity index (χ1) is 8.18. The molecule has 0 amide bonds. The Morgan fingerprint density at radius 2 is 1.89 bits per heavy atom. The van der Waals surface area contributed by atoms with Crippen LogP contribution in [0.3, 0.4) is 0 Å². The number of rotatable bonds is 1. The molecule has 1 fully saturated rings. The van der Waals surface area contributed by atoms with E-state index in [4.69, 9.17) is 0 Å². The Morgan fingerprint density at radius 1 is 1.28 bits per heavy atom. The second-order valence-corrected chi connectivity index (χ2v) is 7.33. The lowest BCUT2D eigenvalue weighted by Crippen LogP contribution is -2.58. The van der Waals surface area contributed by atoms with Crippen LogP contribution in [0.15, 0.2) is 11.6 Å². The Bertz CT molecular complexity index is 353. The van der Waals surface area contributed by atoms with E-state index in [1.807, 2.05) is 13.8 Å². The molecule has 0 aliphatic heterocycles. The van der Waals surface area contributed by atoms with Crippen molar-refractivity contribution in [3.05, 3.63) is 11.6 Å². The third-order valence-electron chi connectivity index (χ3n) is 5.68. The summed E-state index contributed by atoms with van der Waals surface area (Å²) in [6.45, 7) is 10.2. The Hall–Kier alpha value is -0.340. The van der Waals surface area contributed by atoms with Gasteiger partial charge >= 0.3 is 0 Å². The van der Waals surface area contributed by atoms with Gasteiger partial charge in [-0.15, -0.1) is 0 Å². The molecule has 18 heavy (non-hydrogen) atoms. The molecule has 2 aliphatic rings. The van der Waals surface area contributed by atoms with Crippen molar-refractivity contribution in [1.82, 2.24) is 0 Å². The number of allylic oxidation sites excluding steroid dienone is 2. The van der Waals surface area contributed by atoms with Crippen LogP contribution < -0.4 is 0 Å². The van der Waals surface area contributed by atoms with E-state index in [-0.39, 0.29) is 0 Å². The van der Waals surface area contributed by atoms with Crippen molar-refractivity contribution in [1.29, 1.82) is 0 Å². The molecule has 0 radical (unpaired) electrons. The van der Waals surface area contributed by atoms with E-state index in [1.165, 1.54) is 5.57 Å². The van der Waals surface area contributed by atoms with E-state index in [0.717, 1.165) is 19.3 Å². The van der Waals surface area contributed by atoms with Gasteiger partial charge in [-0.1, -0.05) is 32.4 Å². The van der Waals surface area contributed by atoms with E-state index in [2.05, 4.69) is 26.8 Å². The standard InChI is InChI=1S/C16H28O2/c1-10-6-7-12-11(2)9-14(17)16(5,13(12)8-10)15(3,4)18/h7,10-11,13-14,17-18H,6,8-9H2,1-5H3/t10-,11-,13+,14?,16-/m0/s1. The van der Waals surface area contributed by atoms with E-state index >= 15 is 0 Å². The second kappa shape index (κ2) is 4.35. The topological polar surface area (TPSA) is 40.5 Å². The van der Waals surface area contributed by atoms with E-state index in [9.17, 15) is 10.2 Å². The molecule has 1 saturated carbocycles. The summed E-state index contributed by atoms with van der Waals surface area (Å²) in [5, 5.41) is 21.2. The maximum Gasteiger partial charge on any atom is 0.0675 e. The Labute approximate surface area is 111 Å². The molecule has 1 unspecified atom stereocenters. The molecule has 0 aromatic carbocycles. The van der Waals surface area contributed by atoms with Gasteiger partial charge in [0, 0.05) is 5.41 Å². The van der Waals surface area contributed by atoms with E-state index in [0.29, 0.717) is 17.8 Å². The molecule has 0 aromatic rings. The van der Waals surface area contributed by atoms with Gasteiger partial charge in [0.2, 0.25) is 0 Å². The summed E-state index contributed by atoms with van der Waals surface area (Å²) in [5.74, 6) is 1.42. The smallest absolute Gasteiger partial charge is 0.0675 e. The highest BCUT2D eigenvalue weighted by Gasteiger charge is 2.56. The molecule has 0 spiro atoms. The third kappa shape index (κ3) is 1.94. The molecule has 2 heteroatoms. The quantitative estimate of drug-likeness (QED) is 0.704. The molecule has 0 heterocycles. The molecule has 0 saturated heterocycles. The van der Waals surface area contributed by atoms with Crippen molar-refractivity contribution in [2.24, 2.45) is 23.2 Å². The lowest BCUT2D eigenvalue weighted by molar-refractivity contribution is -0.160. The maximum absolute atomic E-state index is 10.6.